The molecule has 0 aliphatic carbocycles. The monoisotopic (exact) mass is 305 g/mol. The van der Waals surface area contributed by atoms with E-state index in [9.17, 15) is 4.79 Å². The Hall–Kier alpha value is -1.88. The second-order valence-corrected chi connectivity index (χ2v) is 4.77. The highest BCUT2D eigenvalue weighted by Crippen LogP contribution is 2.20. The Balaban J connectivity index is 2.25. The molecule has 0 radical (unpaired) electrons. The Morgan fingerprint density at radius 2 is 2.17 bits per heavy atom. The normalized spacial score (nSPS) is 10.1. The van der Waals surface area contributed by atoms with Gasteiger partial charge in [0.15, 0.2) is 0 Å². The first-order valence-electron chi connectivity index (χ1n) is 5.36. The van der Waals surface area contributed by atoms with Crippen molar-refractivity contribution in [2.75, 3.05) is 11.1 Å². The summed E-state index contributed by atoms with van der Waals surface area (Å²) in [5.41, 5.74) is 7.57. The molecule has 0 fully saturated rings. The number of benzene rings is 1. The molecule has 92 valence electrons. The average Bonchev–Trinajstić information content (AvgIpc) is 2.32. The number of nitrogens with one attached hydrogen (secondary N) is 1. The summed E-state index contributed by atoms with van der Waals surface area (Å²) < 4.78 is 0.838. The fourth-order valence-corrected chi connectivity index (χ4v) is 1.91. The van der Waals surface area contributed by atoms with Gasteiger partial charge in [0, 0.05) is 16.4 Å². The average molecular weight is 306 g/mol. The van der Waals surface area contributed by atoms with Crippen molar-refractivity contribution in [1.29, 1.82) is 0 Å². The van der Waals surface area contributed by atoms with Crippen LogP contribution in [-0.2, 0) is 0 Å². The molecule has 1 aromatic carbocycles. The number of pyridine rings is 1. The van der Waals surface area contributed by atoms with E-state index in [2.05, 4.69) is 26.2 Å². The number of aryl methyl sites for hydroxylation is 1. The van der Waals surface area contributed by atoms with Crippen molar-refractivity contribution in [3.63, 3.8) is 0 Å². The van der Waals surface area contributed by atoms with Gasteiger partial charge in [0.25, 0.3) is 5.91 Å². The molecule has 1 heterocycles. The molecule has 5 heteroatoms. The summed E-state index contributed by atoms with van der Waals surface area (Å²) in [5, 5.41) is 2.74. The zero-order valence-electron chi connectivity index (χ0n) is 9.77. The van der Waals surface area contributed by atoms with Gasteiger partial charge in [0.05, 0.1) is 5.56 Å². The first kappa shape index (κ1) is 12.6. The number of rotatable bonds is 2. The lowest BCUT2D eigenvalue weighted by Gasteiger charge is -2.08. The second-order valence-electron chi connectivity index (χ2n) is 3.85. The van der Waals surface area contributed by atoms with Crippen molar-refractivity contribution in [2.45, 2.75) is 6.92 Å². The van der Waals surface area contributed by atoms with Crippen molar-refractivity contribution in [3.8, 4) is 0 Å². The Morgan fingerprint density at radius 1 is 1.39 bits per heavy atom. The zero-order chi connectivity index (χ0) is 13.1. The highest BCUT2D eigenvalue weighted by atomic mass is 79.9. The number of hydrogen-bond acceptors (Lipinski definition) is 3. The summed E-state index contributed by atoms with van der Waals surface area (Å²) in [4.78, 5) is 16.2. The maximum atomic E-state index is 12.1. The number of nitrogens with two attached hydrogens (primary N) is 1. The maximum Gasteiger partial charge on any atom is 0.258 e. The molecule has 0 unspecified atom stereocenters. The van der Waals surface area contributed by atoms with Crippen molar-refractivity contribution < 1.29 is 4.79 Å². The topological polar surface area (TPSA) is 68.0 Å². The number of anilines is 2. The number of halogens is 1. The van der Waals surface area contributed by atoms with Gasteiger partial charge >= 0.3 is 0 Å². The molecular weight excluding hydrogens is 294 g/mol. The third-order valence-corrected chi connectivity index (χ3v) is 2.99. The lowest BCUT2D eigenvalue weighted by Crippen LogP contribution is -2.15. The van der Waals surface area contributed by atoms with Crippen LogP contribution in [0.2, 0.25) is 0 Å². The number of carbonyl (C=O) groups excluding carboxylic acids is 1. The zero-order valence-corrected chi connectivity index (χ0v) is 11.4. The Kier molecular flexibility index (Phi) is 3.62. The van der Waals surface area contributed by atoms with Gasteiger partial charge in [-0.1, -0.05) is 22.0 Å². The molecule has 2 rings (SSSR count). The first-order valence-corrected chi connectivity index (χ1v) is 6.15. The molecule has 4 nitrogen and oxygen atoms in total. The van der Waals surface area contributed by atoms with E-state index in [1.54, 1.807) is 24.4 Å². The minimum Gasteiger partial charge on any atom is -0.398 e. The summed E-state index contributed by atoms with van der Waals surface area (Å²) in [6.07, 6.45) is 1.63. The summed E-state index contributed by atoms with van der Waals surface area (Å²) in [6, 6.07) is 8.84. The predicted octanol–water partition coefficient (Wildman–Crippen LogP) is 2.99. The van der Waals surface area contributed by atoms with Gasteiger partial charge in [0.1, 0.15) is 5.82 Å². The molecule has 0 saturated heterocycles. The SMILES string of the molecule is Cc1cccnc1NC(=O)c1ccc(Br)cc1N. The highest BCUT2D eigenvalue weighted by Gasteiger charge is 2.11. The molecule has 1 amide bonds. The van der Waals surface area contributed by atoms with Gasteiger partial charge in [-0.2, -0.15) is 0 Å². The molecule has 18 heavy (non-hydrogen) atoms. The van der Waals surface area contributed by atoms with Gasteiger partial charge in [-0.05, 0) is 36.8 Å². The van der Waals surface area contributed by atoms with E-state index in [-0.39, 0.29) is 5.91 Å². The molecule has 3 N–H and O–H groups in total. The van der Waals surface area contributed by atoms with E-state index >= 15 is 0 Å². The number of hydrogen-bond donors (Lipinski definition) is 2. The van der Waals surface area contributed by atoms with Gasteiger partial charge in [-0.15, -0.1) is 0 Å². The number of nitrogen functional groups attached to an aromatic ring is 1. The standard InChI is InChI=1S/C13H12BrN3O/c1-8-3-2-6-16-12(8)17-13(18)10-5-4-9(14)7-11(10)15/h2-7H,15H2,1H3,(H,16,17,18). The number of carbonyl (C=O) groups is 1. The van der Waals surface area contributed by atoms with Crippen LogP contribution in [0.25, 0.3) is 0 Å². The van der Waals surface area contributed by atoms with E-state index in [0.29, 0.717) is 17.1 Å². The van der Waals surface area contributed by atoms with Crippen molar-refractivity contribution in [1.82, 2.24) is 4.98 Å². The molecule has 2 aromatic rings. The lowest BCUT2D eigenvalue weighted by atomic mass is 10.1. The lowest BCUT2D eigenvalue weighted by molar-refractivity contribution is 0.102. The Bertz CT molecular complexity index is 599. The van der Waals surface area contributed by atoms with Crippen LogP contribution in [0.1, 0.15) is 15.9 Å². The van der Waals surface area contributed by atoms with Gasteiger partial charge in [-0.3, -0.25) is 4.79 Å². The van der Waals surface area contributed by atoms with Crippen molar-refractivity contribution >= 4 is 33.3 Å². The van der Waals surface area contributed by atoms with Crippen LogP contribution < -0.4 is 11.1 Å². The molecule has 1 aromatic heterocycles. The summed E-state index contributed by atoms with van der Waals surface area (Å²) in [5.74, 6) is 0.284. The number of aromatic nitrogens is 1. The van der Waals surface area contributed by atoms with Crippen molar-refractivity contribution in [3.05, 3.63) is 52.1 Å². The van der Waals surface area contributed by atoms with Crippen LogP contribution in [0.15, 0.2) is 41.0 Å². The summed E-state index contributed by atoms with van der Waals surface area (Å²) in [7, 11) is 0. The van der Waals surface area contributed by atoms with E-state index in [1.165, 1.54) is 0 Å². The van der Waals surface area contributed by atoms with E-state index in [4.69, 9.17) is 5.73 Å². The molecule has 0 aliphatic heterocycles. The molecule has 0 atom stereocenters. The number of nitrogens with zero attached hydrogens (tertiary/aromatic N) is 1. The van der Waals surface area contributed by atoms with Gasteiger partial charge in [0.2, 0.25) is 0 Å². The minimum absolute atomic E-state index is 0.262. The maximum absolute atomic E-state index is 12.1. The fourth-order valence-electron chi connectivity index (χ4n) is 1.53. The second kappa shape index (κ2) is 5.18. The van der Waals surface area contributed by atoms with Crippen LogP contribution in [0.5, 0.6) is 0 Å². The smallest absolute Gasteiger partial charge is 0.258 e. The quantitative estimate of drug-likeness (QED) is 0.838. The summed E-state index contributed by atoms with van der Waals surface area (Å²) >= 11 is 3.30. The van der Waals surface area contributed by atoms with Crippen molar-refractivity contribution in [2.24, 2.45) is 0 Å². The first-order chi connectivity index (χ1) is 8.58. The van der Waals surface area contributed by atoms with Crippen LogP contribution in [0.4, 0.5) is 11.5 Å². The molecule has 0 bridgehead atoms. The van der Waals surface area contributed by atoms with E-state index < -0.39 is 0 Å². The van der Waals surface area contributed by atoms with Crippen LogP contribution in [0.3, 0.4) is 0 Å². The molecule has 0 aliphatic rings. The molecule has 0 spiro atoms. The van der Waals surface area contributed by atoms with E-state index in [0.717, 1.165) is 10.0 Å². The Labute approximate surface area is 113 Å². The minimum atomic E-state index is -0.262. The van der Waals surface area contributed by atoms with Gasteiger partial charge < -0.3 is 11.1 Å². The number of amides is 1. The summed E-state index contributed by atoms with van der Waals surface area (Å²) in [6.45, 7) is 1.88. The van der Waals surface area contributed by atoms with Crippen LogP contribution >= 0.6 is 15.9 Å². The van der Waals surface area contributed by atoms with Crippen LogP contribution in [0, 0.1) is 6.92 Å². The fraction of sp³-hybridized carbons (Fsp3) is 0.0769. The van der Waals surface area contributed by atoms with Crippen LogP contribution in [-0.4, -0.2) is 10.9 Å². The highest BCUT2D eigenvalue weighted by molar-refractivity contribution is 9.10. The third kappa shape index (κ3) is 2.68. The van der Waals surface area contributed by atoms with E-state index in [1.807, 2.05) is 19.1 Å². The molecule has 0 saturated carbocycles. The Morgan fingerprint density at radius 3 is 2.83 bits per heavy atom. The largest absolute Gasteiger partial charge is 0.398 e. The van der Waals surface area contributed by atoms with Gasteiger partial charge in [-0.25, -0.2) is 4.98 Å². The predicted molar refractivity (Wildman–Crippen MR) is 75.5 cm³/mol. The third-order valence-electron chi connectivity index (χ3n) is 2.50. The molecular formula is C13H12BrN3O.